The maximum absolute atomic E-state index is 12.5. The van der Waals surface area contributed by atoms with Gasteiger partial charge in [0, 0.05) is 19.1 Å². The third-order valence-electron chi connectivity index (χ3n) is 4.35. The maximum Gasteiger partial charge on any atom is 0.391 e. The monoisotopic (exact) mass is 308 g/mol. The van der Waals surface area contributed by atoms with Crippen LogP contribution >= 0.6 is 0 Å². The molecule has 5 nitrogen and oxygen atoms in total. The number of amides is 2. The molecule has 1 aliphatic carbocycles. The van der Waals surface area contributed by atoms with Gasteiger partial charge in [-0.2, -0.15) is 13.2 Å². The van der Waals surface area contributed by atoms with E-state index < -0.39 is 24.0 Å². The lowest BCUT2D eigenvalue weighted by Gasteiger charge is -2.33. The molecule has 0 radical (unpaired) electrons. The van der Waals surface area contributed by atoms with Gasteiger partial charge >= 0.3 is 18.2 Å². The molecule has 21 heavy (non-hydrogen) atoms. The molecule has 0 spiro atoms. The quantitative estimate of drug-likeness (QED) is 0.822. The zero-order valence-electron chi connectivity index (χ0n) is 11.5. The van der Waals surface area contributed by atoms with Crippen molar-refractivity contribution in [1.82, 2.24) is 10.2 Å². The van der Waals surface area contributed by atoms with Crippen LogP contribution < -0.4 is 5.32 Å². The van der Waals surface area contributed by atoms with Crippen LogP contribution in [-0.2, 0) is 4.79 Å². The second-order valence-electron chi connectivity index (χ2n) is 5.80. The van der Waals surface area contributed by atoms with Crippen LogP contribution in [0.15, 0.2) is 0 Å². The first-order valence-corrected chi connectivity index (χ1v) is 7.12. The molecule has 1 aliphatic heterocycles. The second kappa shape index (κ2) is 6.11. The first kappa shape index (κ1) is 15.9. The molecule has 1 saturated carbocycles. The Morgan fingerprint density at radius 3 is 2.19 bits per heavy atom. The van der Waals surface area contributed by atoms with Crippen molar-refractivity contribution >= 4 is 12.0 Å². The minimum Gasteiger partial charge on any atom is -0.481 e. The van der Waals surface area contributed by atoms with Crippen molar-refractivity contribution in [2.24, 2.45) is 11.8 Å². The molecule has 0 aromatic heterocycles. The lowest BCUT2D eigenvalue weighted by molar-refractivity contribution is -0.183. The number of halogens is 3. The highest BCUT2D eigenvalue weighted by Gasteiger charge is 2.42. The Labute approximate surface area is 120 Å². The highest BCUT2D eigenvalue weighted by atomic mass is 19.4. The molecule has 2 rings (SSSR count). The van der Waals surface area contributed by atoms with Crippen molar-refractivity contribution in [3.05, 3.63) is 0 Å². The summed E-state index contributed by atoms with van der Waals surface area (Å²) in [5.41, 5.74) is 0. The number of piperidine rings is 1. The van der Waals surface area contributed by atoms with Crippen LogP contribution in [0.5, 0.6) is 0 Å². The topological polar surface area (TPSA) is 69.6 Å². The average molecular weight is 308 g/mol. The summed E-state index contributed by atoms with van der Waals surface area (Å²) in [7, 11) is 0. The van der Waals surface area contributed by atoms with Gasteiger partial charge in [0.05, 0.1) is 11.8 Å². The van der Waals surface area contributed by atoms with Gasteiger partial charge in [0.2, 0.25) is 0 Å². The van der Waals surface area contributed by atoms with E-state index in [9.17, 15) is 22.8 Å². The van der Waals surface area contributed by atoms with Crippen molar-refractivity contribution < 1.29 is 27.9 Å². The standard InChI is InChI=1S/C13H19F3N2O3/c14-13(15,16)9-3-5-18(6-4-9)12(21)17-10-2-1-8(7-10)11(19)20/h8-10H,1-7H2,(H,17,21)(H,19,20)/t8-,10+/m1/s1. The first-order chi connectivity index (χ1) is 9.77. The lowest BCUT2D eigenvalue weighted by Crippen LogP contribution is -2.48. The Kier molecular flexibility index (Phi) is 4.63. The van der Waals surface area contributed by atoms with E-state index in [0.717, 1.165) is 0 Å². The highest BCUT2D eigenvalue weighted by molar-refractivity contribution is 5.75. The van der Waals surface area contributed by atoms with Gasteiger partial charge in [-0.15, -0.1) is 0 Å². The van der Waals surface area contributed by atoms with E-state index >= 15 is 0 Å². The smallest absolute Gasteiger partial charge is 0.391 e. The van der Waals surface area contributed by atoms with Crippen LogP contribution in [0.3, 0.4) is 0 Å². The number of carbonyl (C=O) groups is 2. The van der Waals surface area contributed by atoms with Crippen molar-refractivity contribution in [3.63, 3.8) is 0 Å². The Morgan fingerprint density at radius 2 is 1.71 bits per heavy atom. The van der Waals surface area contributed by atoms with Crippen LogP contribution in [0.4, 0.5) is 18.0 Å². The minimum absolute atomic E-state index is 0.0701. The van der Waals surface area contributed by atoms with E-state index in [1.807, 2.05) is 0 Å². The lowest BCUT2D eigenvalue weighted by atomic mass is 9.96. The van der Waals surface area contributed by atoms with Crippen molar-refractivity contribution in [2.45, 2.75) is 44.3 Å². The number of urea groups is 1. The number of rotatable bonds is 2. The Balaban J connectivity index is 1.77. The van der Waals surface area contributed by atoms with Gasteiger partial charge in [-0.25, -0.2) is 4.79 Å². The van der Waals surface area contributed by atoms with E-state index in [0.29, 0.717) is 19.3 Å². The van der Waals surface area contributed by atoms with E-state index in [4.69, 9.17) is 5.11 Å². The molecule has 2 aliphatic rings. The predicted octanol–water partition coefficient (Wildman–Crippen LogP) is 2.22. The number of likely N-dealkylation sites (tertiary alicyclic amines) is 1. The fourth-order valence-corrected chi connectivity index (χ4v) is 3.01. The zero-order chi connectivity index (χ0) is 15.6. The van der Waals surface area contributed by atoms with Crippen LogP contribution in [0.1, 0.15) is 32.1 Å². The summed E-state index contributed by atoms with van der Waals surface area (Å²) in [4.78, 5) is 24.2. The van der Waals surface area contributed by atoms with E-state index in [1.165, 1.54) is 4.90 Å². The minimum atomic E-state index is -4.19. The zero-order valence-corrected chi connectivity index (χ0v) is 11.5. The number of hydrogen-bond donors (Lipinski definition) is 2. The number of alkyl halides is 3. The third-order valence-corrected chi connectivity index (χ3v) is 4.35. The maximum atomic E-state index is 12.5. The molecule has 2 amide bonds. The largest absolute Gasteiger partial charge is 0.481 e. The van der Waals surface area contributed by atoms with Crippen molar-refractivity contribution in [1.29, 1.82) is 0 Å². The molecule has 2 fully saturated rings. The van der Waals surface area contributed by atoms with E-state index in [2.05, 4.69) is 5.32 Å². The summed E-state index contributed by atoms with van der Waals surface area (Å²) in [6, 6.07) is -0.578. The van der Waals surface area contributed by atoms with Crippen LogP contribution in [-0.4, -0.2) is 47.3 Å². The van der Waals surface area contributed by atoms with E-state index in [1.54, 1.807) is 0 Å². The number of nitrogens with zero attached hydrogens (tertiary/aromatic N) is 1. The summed E-state index contributed by atoms with van der Waals surface area (Å²) < 4.78 is 37.6. The third kappa shape index (κ3) is 4.01. The second-order valence-corrected chi connectivity index (χ2v) is 5.80. The van der Waals surface area contributed by atoms with Gasteiger partial charge in [-0.05, 0) is 32.1 Å². The van der Waals surface area contributed by atoms with Crippen molar-refractivity contribution in [3.8, 4) is 0 Å². The van der Waals surface area contributed by atoms with E-state index in [-0.39, 0.29) is 38.0 Å². The Hall–Kier alpha value is -1.47. The summed E-state index contributed by atoms with van der Waals surface area (Å²) in [5.74, 6) is -2.63. The molecule has 2 atom stereocenters. The molecule has 8 heteroatoms. The highest BCUT2D eigenvalue weighted by Crippen LogP contribution is 2.34. The number of nitrogens with one attached hydrogen (secondary N) is 1. The molecule has 1 heterocycles. The number of hydrogen-bond acceptors (Lipinski definition) is 2. The van der Waals surface area contributed by atoms with Crippen LogP contribution in [0.2, 0.25) is 0 Å². The number of carbonyl (C=O) groups excluding carboxylic acids is 1. The molecule has 120 valence electrons. The Bertz CT molecular complexity index is 406. The van der Waals surface area contributed by atoms with Gasteiger partial charge in [0.1, 0.15) is 0 Å². The summed E-state index contributed by atoms with van der Waals surface area (Å²) in [6.07, 6.45) is -2.82. The molecule has 0 aromatic rings. The molecule has 0 aromatic carbocycles. The normalized spacial score (nSPS) is 27.7. The number of carboxylic acids is 1. The first-order valence-electron chi connectivity index (χ1n) is 7.12. The Morgan fingerprint density at radius 1 is 1.10 bits per heavy atom. The van der Waals surface area contributed by atoms with Gasteiger partial charge in [0.15, 0.2) is 0 Å². The van der Waals surface area contributed by atoms with Crippen molar-refractivity contribution in [2.75, 3.05) is 13.1 Å². The van der Waals surface area contributed by atoms with Gasteiger partial charge in [-0.1, -0.05) is 0 Å². The number of carboxylic acid groups (broad SMARTS) is 1. The molecular weight excluding hydrogens is 289 g/mol. The molecule has 0 unspecified atom stereocenters. The van der Waals surface area contributed by atoms with Gasteiger partial charge in [-0.3, -0.25) is 4.79 Å². The predicted molar refractivity (Wildman–Crippen MR) is 67.6 cm³/mol. The fraction of sp³-hybridized carbons (Fsp3) is 0.846. The fourth-order valence-electron chi connectivity index (χ4n) is 3.01. The average Bonchev–Trinajstić information content (AvgIpc) is 2.86. The van der Waals surface area contributed by atoms with Crippen LogP contribution in [0.25, 0.3) is 0 Å². The summed E-state index contributed by atoms with van der Waals surface area (Å²) >= 11 is 0. The molecular formula is C13H19F3N2O3. The summed E-state index contributed by atoms with van der Waals surface area (Å²) in [5, 5.41) is 11.6. The molecule has 1 saturated heterocycles. The van der Waals surface area contributed by atoms with Crippen LogP contribution in [0, 0.1) is 11.8 Å². The van der Waals surface area contributed by atoms with Gasteiger partial charge < -0.3 is 15.3 Å². The SMILES string of the molecule is O=C(O)[C@@H]1CC[C@H](NC(=O)N2CCC(C(F)(F)F)CC2)C1. The summed E-state index contributed by atoms with van der Waals surface area (Å²) in [6.45, 7) is 0.177. The molecule has 0 bridgehead atoms. The molecule has 2 N–H and O–H groups in total. The number of aliphatic carboxylic acids is 1. The van der Waals surface area contributed by atoms with Gasteiger partial charge in [0.25, 0.3) is 0 Å².